The molecule has 1 aromatic heterocycles. The molecule has 1 amide bonds. The number of ether oxygens (including phenoxy) is 6. The molecule has 0 bridgehead atoms. The van der Waals surface area contributed by atoms with Crippen LogP contribution in [0, 0.1) is 5.82 Å². The molecule has 15 heteroatoms. The summed E-state index contributed by atoms with van der Waals surface area (Å²) in [5.74, 6) is -0.715. The lowest BCUT2D eigenvalue weighted by molar-refractivity contribution is -0.113. The van der Waals surface area contributed by atoms with E-state index < -0.39 is 11.7 Å². The molecule has 11 nitrogen and oxygen atoms in total. The van der Waals surface area contributed by atoms with Gasteiger partial charge in [0, 0.05) is 18.1 Å². The second-order valence-electron chi connectivity index (χ2n) is 8.64. The van der Waals surface area contributed by atoms with E-state index in [1.165, 1.54) is 12.4 Å². The minimum atomic E-state index is -0.620. The minimum Gasteiger partial charge on any atom is -0.489 e. The number of fused-ring (bicyclic) bond motifs is 1. The molecule has 2 N–H and O–H groups in total. The van der Waals surface area contributed by atoms with Gasteiger partial charge >= 0.3 is 0 Å². The molecule has 0 aliphatic heterocycles. The average Bonchev–Trinajstić information content (AvgIpc) is 3.00. The van der Waals surface area contributed by atoms with Crippen molar-refractivity contribution >= 4 is 68.8 Å². The van der Waals surface area contributed by atoms with Gasteiger partial charge in [0.15, 0.2) is 0 Å². The third-order valence-electron chi connectivity index (χ3n) is 5.57. The quantitative estimate of drug-likeness (QED) is 0.0861. The highest BCUT2D eigenvalue weighted by Gasteiger charge is 2.15. The molecule has 0 saturated heterocycles. The van der Waals surface area contributed by atoms with Crippen LogP contribution in [0.15, 0.2) is 30.6 Å². The number of carbonyl (C=O) groups excluding carboxylic acids is 1. The Morgan fingerprint density at radius 1 is 0.791 bits per heavy atom. The molecule has 0 atom stereocenters. The Labute approximate surface area is 264 Å². The van der Waals surface area contributed by atoms with Crippen molar-refractivity contribution in [2.75, 3.05) is 89.2 Å². The Kier molecular flexibility index (Phi) is 16.0. The number of nitrogens with one attached hydrogen (secondary N) is 2. The molecular weight excluding hydrogens is 630 g/mol. The lowest BCUT2D eigenvalue weighted by atomic mass is 10.1. The Morgan fingerprint density at radius 3 is 1.98 bits per heavy atom. The van der Waals surface area contributed by atoms with Crippen molar-refractivity contribution in [2.24, 2.45) is 0 Å². The van der Waals surface area contributed by atoms with Crippen LogP contribution in [0.3, 0.4) is 0 Å². The Bertz CT molecular complexity index is 1310. The third kappa shape index (κ3) is 12.2. The van der Waals surface area contributed by atoms with Gasteiger partial charge in [-0.15, -0.1) is 11.6 Å². The lowest BCUT2D eigenvalue weighted by Gasteiger charge is -2.15. The van der Waals surface area contributed by atoms with E-state index in [0.717, 1.165) is 6.07 Å². The Balaban J connectivity index is 1.47. The first-order valence-corrected chi connectivity index (χ1v) is 14.8. The molecule has 1 heterocycles. The van der Waals surface area contributed by atoms with Crippen molar-refractivity contribution in [1.29, 1.82) is 0 Å². The van der Waals surface area contributed by atoms with Crippen molar-refractivity contribution < 1.29 is 37.6 Å². The van der Waals surface area contributed by atoms with Crippen LogP contribution in [0.5, 0.6) is 5.75 Å². The number of benzene rings is 2. The summed E-state index contributed by atoms with van der Waals surface area (Å²) in [7, 11) is 0. The van der Waals surface area contributed by atoms with Crippen LogP contribution in [-0.4, -0.2) is 94.4 Å². The van der Waals surface area contributed by atoms with Gasteiger partial charge in [-0.25, -0.2) is 14.4 Å². The Morgan fingerprint density at radius 2 is 1.37 bits per heavy atom. The Hall–Kier alpha value is -2.55. The van der Waals surface area contributed by atoms with Gasteiger partial charge in [-0.2, -0.15) is 0 Å². The predicted octanol–water partition coefficient (Wildman–Crippen LogP) is 5.48. The van der Waals surface area contributed by atoms with E-state index in [1.807, 2.05) is 6.92 Å². The van der Waals surface area contributed by atoms with Gasteiger partial charge in [0.05, 0.1) is 86.4 Å². The van der Waals surface area contributed by atoms with E-state index in [2.05, 4.69) is 20.6 Å². The van der Waals surface area contributed by atoms with E-state index in [1.54, 1.807) is 12.1 Å². The summed E-state index contributed by atoms with van der Waals surface area (Å²) in [5, 5.41) is 6.33. The molecule has 236 valence electrons. The molecule has 3 aromatic rings. The van der Waals surface area contributed by atoms with Crippen molar-refractivity contribution in [1.82, 2.24) is 9.97 Å². The first-order valence-electron chi connectivity index (χ1n) is 13.5. The van der Waals surface area contributed by atoms with Crippen LogP contribution in [0.25, 0.3) is 10.9 Å². The zero-order valence-electron chi connectivity index (χ0n) is 23.6. The highest BCUT2D eigenvalue weighted by atomic mass is 35.5. The van der Waals surface area contributed by atoms with Gasteiger partial charge in [-0.05, 0) is 25.1 Å². The summed E-state index contributed by atoms with van der Waals surface area (Å²) < 4.78 is 47.4. The summed E-state index contributed by atoms with van der Waals surface area (Å²) in [6.45, 7) is 6.87. The second kappa shape index (κ2) is 19.7. The normalized spacial score (nSPS) is 11.2. The van der Waals surface area contributed by atoms with Gasteiger partial charge in [0.25, 0.3) is 0 Å². The van der Waals surface area contributed by atoms with Gasteiger partial charge < -0.3 is 39.1 Å². The maximum Gasteiger partial charge on any atom is 0.239 e. The second-order valence-corrected chi connectivity index (χ2v) is 9.72. The highest BCUT2D eigenvalue weighted by molar-refractivity contribution is 6.42. The number of hydrogen-bond acceptors (Lipinski definition) is 10. The third-order valence-corrected chi connectivity index (χ3v) is 6.54. The van der Waals surface area contributed by atoms with E-state index in [4.69, 9.17) is 63.2 Å². The smallest absolute Gasteiger partial charge is 0.239 e. The fourth-order valence-corrected chi connectivity index (χ4v) is 3.95. The molecule has 0 unspecified atom stereocenters. The van der Waals surface area contributed by atoms with Crippen molar-refractivity contribution in [3.05, 3.63) is 46.5 Å². The summed E-state index contributed by atoms with van der Waals surface area (Å²) in [6.07, 6.45) is 1.31. The zero-order valence-corrected chi connectivity index (χ0v) is 25.9. The fraction of sp³-hybridized carbons (Fsp3) is 0.464. The van der Waals surface area contributed by atoms with Crippen LogP contribution in [0.1, 0.15) is 6.92 Å². The molecule has 43 heavy (non-hydrogen) atoms. The lowest BCUT2D eigenvalue weighted by Crippen LogP contribution is -2.16. The van der Waals surface area contributed by atoms with Crippen LogP contribution in [0.4, 0.5) is 21.6 Å². The molecule has 0 saturated carbocycles. The molecule has 3 rings (SSSR count). The molecular formula is C28H34Cl3FN4O7. The number of nitrogens with zero attached hydrogens (tertiary/aromatic N) is 2. The molecule has 2 aromatic carbocycles. The number of alkyl halides is 1. The first-order chi connectivity index (χ1) is 20.9. The van der Waals surface area contributed by atoms with Crippen LogP contribution >= 0.6 is 34.8 Å². The van der Waals surface area contributed by atoms with Gasteiger partial charge in [-0.1, -0.05) is 23.2 Å². The number of anilines is 3. The number of halogens is 4. The van der Waals surface area contributed by atoms with E-state index in [9.17, 15) is 9.18 Å². The van der Waals surface area contributed by atoms with Crippen molar-refractivity contribution in [2.45, 2.75) is 6.92 Å². The number of hydrogen-bond donors (Lipinski definition) is 2. The summed E-state index contributed by atoms with van der Waals surface area (Å²) in [5.41, 5.74) is 0.868. The minimum absolute atomic E-state index is 0.0633. The van der Waals surface area contributed by atoms with Crippen LogP contribution < -0.4 is 15.4 Å². The standard InChI is InChI=1S/C28H34Cl3FN4O7/c1-2-38-3-4-39-5-6-40-7-8-41-9-10-42-11-12-43-26-16-23-19(13-25(26)35-27(37)17-29)28(34-18-33-23)36-24-15-21(31)20(30)14-22(24)32/h13-16,18H,2-12,17H2,1H3,(H,35,37)(H,33,34,36). The molecule has 0 fully saturated rings. The van der Waals surface area contributed by atoms with Crippen LogP contribution in [0.2, 0.25) is 10.0 Å². The molecule has 0 radical (unpaired) electrons. The largest absolute Gasteiger partial charge is 0.489 e. The first kappa shape index (κ1) is 34.9. The fourth-order valence-electron chi connectivity index (χ4n) is 3.56. The monoisotopic (exact) mass is 662 g/mol. The molecule has 0 spiro atoms. The summed E-state index contributed by atoms with van der Waals surface area (Å²) in [4.78, 5) is 20.6. The SMILES string of the molecule is CCOCCOCCOCCOCCOCCOc1cc2ncnc(Nc3cc(Cl)c(Cl)cc3F)c2cc1NC(=O)CCl. The topological polar surface area (TPSA) is 122 Å². The van der Waals surface area contributed by atoms with Crippen LogP contribution in [-0.2, 0) is 28.5 Å². The molecule has 0 aliphatic rings. The average molecular weight is 664 g/mol. The summed E-state index contributed by atoms with van der Waals surface area (Å²) in [6, 6.07) is 5.69. The maximum absolute atomic E-state index is 14.5. The maximum atomic E-state index is 14.5. The number of carbonyl (C=O) groups is 1. The van der Waals surface area contributed by atoms with Crippen molar-refractivity contribution in [3.63, 3.8) is 0 Å². The van der Waals surface area contributed by atoms with E-state index in [-0.39, 0.29) is 40.6 Å². The number of rotatable bonds is 21. The predicted molar refractivity (Wildman–Crippen MR) is 164 cm³/mol. The molecule has 0 aliphatic carbocycles. The number of aromatic nitrogens is 2. The summed E-state index contributed by atoms with van der Waals surface area (Å²) >= 11 is 17.6. The van der Waals surface area contributed by atoms with E-state index in [0.29, 0.717) is 81.8 Å². The van der Waals surface area contributed by atoms with Gasteiger partial charge in [0.2, 0.25) is 5.91 Å². The highest BCUT2D eigenvalue weighted by Crippen LogP contribution is 2.35. The number of amides is 1. The van der Waals surface area contributed by atoms with E-state index >= 15 is 0 Å². The zero-order chi connectivity index (χ0) is 30.9. The van der Waals surface area contributed by atoms with Gasteiger partial charge in [-0.3, -0.25) is 4.79 Å². The van der Waals surface area contributed by atoms with Crippen molar-refractivity contribution in [3.8, 4) is 5.75 Å². The van der Waals surface area contributed by atoms with Gasteiger partial charge in [0.1, 0.15) is 36.2 Å².